The zero-order valence-corrected chi connectivity index (χ0v) is 40.4. The van der Waals surface area contributed by atoms with E-state index in [0.29, 0.717) is 35.8 Å². The summed E-state index contributed by atoms with van der Waals surface area (Å²) >= 11 is 7.76. The zero-order chi connectivity index (χ0) is 48.3. The molecule has 3 aromatic carbocycles. The average molecular weight is 951 g/mol. The molecule has 0 spiro atoms. The van der Waals surface area contributed by atoms with Gasteiger partial charge in [0.25, 0.3) is 5.91 Å². The van der Waals surface area contributed by atoms with Crippen LogP contribution in [0.25, 0.3) is 21.7 Å². The minimum absolute atomic E-state index is 0.0133. The molecule has 3 unspecified atom stereocenters. The van der Waals surface area contributed by atoms with Gasteiger partial charge < -0.3 is 36.0 Å². The molecule has 5 aromatic rings. The van der Waals surface area contributed by atoms with Crippen LogP contribution in [0.4, 0.5) is 5.69 Å². The lowest BCUT2D eigenvalue weighted by atomic mass is 9.85. The number of halogens is 1. The molecule has 354 valence electrons. The standard InChI is InChI=1S/C50H60ClN9O6S/c1-31(27-59-22-20-42(58-59)37-14-15-38(26-52)41(51)24-37)55-47(63)36-16-18-39(19-17-36)53-21-8-7-9-23-66-29-44(62)57-46(50(4,5)6)49(65)60-28-40(61)25-43(60)48(64)56-32(2)34-10-12-35(13-11-34)45-33(3)54-30-67-45/h10-20,22,24,30-32,40,43,46,53,61H,7-9,21,23,25,27-29H2,1-6H3,(H,55,63)(H,56,64)(H,57,62)/t31?,32-,40+,43?,46?/m0/s1. The quantitative estimate of drug-likeness (QED) is 0.0493. The Morgan fingerprint density at radius 1 is 0.970 bits per heavy atom. The molecule has 0 saturated carbocycles. The van der Waals surface area contributed by atoms with Crippen molar-refractivity contribution in [2.45, 2.75) is 104 Å². The number of unbranched alkanes of at least 4 members (excludes halogenated alkanes) is 2. The Labute approximate surface area is 401 Å². The summed E-state index contributed by atoms with van der Waals surface area (Å²) in [5.74, 6) is -1.43. The number of likely N-dealkylation sites (tertiary alicyclic amines) is 1. The number of carbonyl (C=O) groups excluding carboxylic acids is 4. The second-order valence-electron chi connectivity index (χ2n) is 18.1. The Balaban J connectivity index is 0.870. The molecule has 1 aliphatic heterocycles. The van der Waals surface area contributed by atoms with Gasteiger partial charge in [-0.25, -0.2) is 4.98 Å². The Morgan fingerprint density at radius 3 is 2.37 bits per heavy atom. The summed E-state index contributed by atoms with van der Waals surface area (Å²) < 4.78 is 7.44. The van der Waals surface area contributed by atoms with Gasteiger partial charge >= 0.3 is 0 Å². The van der Waals surface area contributed by atoms with Crippen molar-refractivity contribution in [2.75, 3.05) is 31.6 Å². The van der Waals surface area contributed by atoms with E-state index in [0.717, 1.165) is 57.9 Å². The first-order valence-electron chi connectivity index (χ1n) is 22.6. The summed E-state index contributed by atoms with van der Waals surface area (Å²) in [5.41, 5.74) is 7.39. The molecule has 4 amide bonds. The van der Waals surface area contributed by atoms with Crippen LogP contribution in [0.1, 0.15) is 93.5 Å². The van der Waals surface area contributed by atoms with Crippen molar-refractivity contribution in [1.82, 2.24) is 35.6 Å². The second-order valence-corrected chi connectivity index (χ2v) is 19.4. The lowest BCUT2D eigenvalue weighted by Gasteiger charge is -2.35. The lowest BCUT2D eigenvalue weighted by molar-refractivity contribution is -0.144. The number of nitrogens with one attached hydrogen (secondary N) is 4. The van der Waals surface area contributed by atoms with E-state index in [9.17, 15) is 24.3 Å². The van der Waals surface area contributed by atoms with Crippen molar-refractivity contribution in [3.63, 3.8) is 0 Å². The summed E-state index contributed by atoms with van der Waals surface area (Å²) in [7, 11) is 0. The Kier molecular flexibility index (Phi) is 17.3. The highest BCUT2D eigenvalue weighted by atomic mass is 35.5. The molecule has 1 saturated heterocycles. The highest BCUT2D eigenvalue weighted by Gasteiger charge is 2.44. The van der Waals surface area contributed by atoms with E-state index in [1.54, 1.807) is 46.4 Å². The number of aliphatic hydroxyl groups excluding tert-OH is 1. The van der Waals surface area contributed by atoms with Gasteiger partial charge in [-0.3, -0.25) is 23.9 Å². The third-order valence-electron chi connectivity index (χ3n) is 11.6. The van der Waals surface area contributed by atoms with Crippen molar-refractivity contribution in [2.24, 2.45) is 5.41 Å². The number of anilines is 1. The van der Waals surface area contributed by atoms with E-state index in [1.807, 2.05) is 95.7 Å². The van der Waals surface area contributed by atoms with E-state index in [4.69, 9.17) is 21.6 Å². The van der Waals surface area contributed by atoms with Gasteiger partial charge in [-0.15, -0.1) is 11.3 Å². The first-order chi connectivity index (χ1) is 32.0. The Hall–Kier alpha value is -6.12. The lowest BCUT2D eigenvalue weighted by Crippen LogP contribution is -2.58. The van der Waals surface area contributed by atoms with Crippen LogP contribution in [-0.4, -0.2) is 98.9 Å². The van der Waals surface area contributed by atoms with Crippen LogP contribution in [0, 0.1) is 23.7 Å². The maximum Gasteiger partial charge on any atom is 0.251 e. The smallest absolute Gasteiger partial charge is 0.251 e. The van der Waals surface area contributed by atoms with Gasteiger partial charge in [0.1, 0.15) is 24.8 Å². The molecule has 3 heterocycles. The minimum atomic E-state index is -0.951. The number of amides is 4. The molecule has 2 aromatic heterocycles. The molecule has 5 atom stereocenters. The molecule has 67 heavy (non-hydrogen) atoms. The van der Waals surface area contributed by atoms with Crippen LogP contribution in [0.15, 0.2) is 84.5 Å². The number of benzene rings is 3. The number of aryl methyl sites for hydroxylation is 1. The normalized spacial score (nSPS) is 16.1. The third-order valence-corrected chi connectivity index (χ3v) is 12.9. The number of aromatic nitrogens is 3. The van der Waals surface area contributed by atoms with Crippen molar-refractivity contribution in [3.05, 3.63) is 112 Å². The summed E-state index contributed by atoms with van der Waals surface area (Å²) in [4.78, 5) is 60.5. The van der Waals surface area contributed by atoms with E-state index in [-0.39, 0.29) is 43.5 Å². The molecule has 17 heteroatoms. The number of ether oxygens (including phenoxy) is 1. The van der Waals surface area contributed by atoms with Gasteiger partial charge in [0.05, 0.1) is 51.1 Å². The fourth-order valence-electron chi connectivity index (χ4n) is 7.88. The number of β-amino-alcohol motifs (C(OH)–C–C–N with tert-alkyl or cyclic N) is 1. The van der Waals surface area contributed by atoms with Gasteiger partial charge in [-0.2, -0.15) is 10.4 Å². The first-order valence-corrected chi connectivity index (χ1v) is 23.8. The average Bonchev–Trinajstić information content (AvgIpc) is 4.06. The van der Waals surface area contributed by atoms with Crippen molar-refractivity contribution < 1.29 is 29.0 Å². The van der Waals surface area contributed by atoms with Crippen molar-refractivity contribution in [1.29, 1.82) is 5.26 Å². The topological polar surface area (TPSA) is 204 Å². The Morgan fingerprint density at radius 2 is 1.70 bits per heavy atom. The van der Waals surface area contributed by atoms with Crippen molar-refractivity contribution >= 4 is 52.3 Å². The van der Waals surface area contributed by atoms with Crippen LogP contribution in [0.3, 0.4) is 0 Å². The van der Waals surface area contributed by atoms with Crippen LogP contribution in [0.5, 0.6) is 0 Å². The van der Waals surface area contributed by atoms with Gasteiger partial charge in [-0.1, -0.05) is 62.7 Å². The minimum Gasteiger partial charge on any atom is -0.391 e. The second kappa shape index (κ2) is 23.1. The predicted octanol–water partition coefficient (Wildman–Crippen LogP) is 7.29. The first kappa shape index (κ1) is 50.3. The van der Waals surface area contributed by atoms with Gasteiger partial charge in [-0.05, 0) is 99.0 Å². The number of hydrogen-bond acceptors (Lipinski definition) is 11. The van der Waals surface area contributed by atoms with Crippen LogP contribution >= 0.6 is 22.9 Å². The fraction of sp³-hybridized carbons (Fsp3) is 0.420. The summed E-state index contributed by atoms with van der Waals surface area (Å²) in [6, 6.07) is 21.9. The molecule has 1 fully saturated rings. The monoisotopic (exact) mass is 949 g/mol. The Bertz CT molecular complexity index is 2530. The molecular weight excluding hydrogens is 890 g/mol. The summed E-state index contributed by atoms with van der Waals surface area (Å²) in [5, 5.41) is 37.0. The van der Waals surface area contributed by atoms with Gasteiger partial charge in [0.15, 0.2) is 0 Å². The van der Waals surface area contributed by atoms with Gasteiger partial charge in [0, 0.05) is 55.2 Å². The molecule has 1 aliphatic rings. The highest BCUT2D eigenvalue weighted by Crippen LogP contribution is 2.30. The molecular formula is C50H60ClN9O6S. The van der Waals surface area contributed by atoms with Crippen molar-refractivity contribution in [3.8, 4) is 27.8 Å². The summed E-state index contributed by atoms with van der Waals surface area (Å²) in [6.45, 7) is 12.6. The molecule has 0 bridgehead atoms. The largest absolute Gasteiger partial charge is 0.391 e. The fourth-order valence-corrected chi connectivity index (χ4v) is 8.91. The van der Waals surface area contributed by atoms with E-state index >= 15 is 0 Å². The van der Waals surface area contributed by atoms with E-state index < -0.39 is 35.4 Å². The highest BCUT2D eigenvalue weighted by molar-refractivity contribution is 7.13. The van der Waals surface area contributed by atoms with E-state index in [1.165, 1.54) is 4.90 Å². The number of hydrogen-bond donors (Lipinski definition) is 5. The molecule has 5 N–H and O–H groups in total. The molecule has 0 radical (unpaired) electrons. The van der Waals surface area contributed by atoms with Crippen LogP contribution in [-0.2, 0) is 25.7 Å². The summed E-state index contributed by atoms with van der Waals surface area (Å²) in [6.07, 6.45) is 3.50. The number of carbonyl (C=O) groups is 4. The number of nitrogens with zero attached hydrogens (tertiary/aromatic N) is 5. The molecule has 6 rings (SSSR count). The number of thiazole rings is 1. The van der Waals surface area contributed by atoms with Crippen LogP contribution in [0.2, 0.25) is 5.02 Å². The number of aliphatic hydroxyl groups is 1. The van der Waals surface area contributed by atoms with E-state index in [2.05, 4.69) is 37.4 Å². The SMILES string of the molecule is Cc1ncsc1-c1ccc([C@H](C)NC(=O)C2C[C@@H](O)CN2C(=O)C(NC(=O)COCCCCCNc2ccc(C(=O)NC(C)Cn3ccc(-c4ccc(C#N)c(Cl)c4)n3)cc2)C(C)(C)C)cc1. The zero-order valence-electron chi connectivity index (χ0n) is 38.8. The third kappa shape index (κ3) is 13.7. The van der Waals surface area contributed by atoms with Gasteiger partial charge in [0.2, 0.25) is 17.7 Å². The maximum absolute atomic E-state index is 14.0. The molecule has 0 aliphatic carbocycles. The number of nitriles is 1. The van der Waals surface area contributed by atoms with Crippen LogP contribution < -0.4 is 21.3 Å². The maximum atomic E-state index is 14.0. The predicted molar refractivity (Wildman–Crippen MR) is 260 cm³/mol. The molecule has 15 nitrogen and oxygen atoms in total. The number of rotatable bonds is 20.